The Morgan fingerprint density at radius 3 is 2.32 bits per heavy atom. The summed E-state index contributed by atoms with van der Waals surface area (Å²) in [5.74, 6) is -3.86. The van der Waals surface area contributed by atoms with Crippen LogP contribution in [0.5, 0.6) is 0 Å². The molecule has 2 atom stereocenters. The molecule has 12 heteroatoms. The van der Waals surface area contributed by atoms with Crippen molar-refractivity contribution in [2.75, 3.05) is 6.67 Å². The number of halogens is 4. The number of ketones is 1. The van der Waals surface area contributed by atoms with Crippen molar-refractivity contribution in [3.8, 4) is 0 Å². The standard InChI is InChI=1S/C25H29F4N3O5/c1-5-16(22(35)31-19(20(33)13-26)12-21(34)37-24(2,3)4)17-10-11-30-32(23(17)36)14-15-8-6-7-9-18(15)25(27,28)29/h6-11,16,19H,5,12-14H2,1-4H3,(H,31,35). The number of carbonyl (C=O) groups excluding carboxylic acids is 3. The van der Waals surface area contributed by atoms with Gasteiger partial charge in [-0.1, -0.05) is 25.1 Å². The number of hydrogen-bond donors (Lipinski definition) is 1. The molecule has 202 valence electrons. The highest BCUT2D eigenvalue weighted by Crippen LogP contribution is 2.32. The number of hydrogen-bond acceptors (Lipinski definition) is 6. The molecule has 0 spiro atoms. The maximum absolute atomic E-state index is 13.4. The minimum Gasteiger partial charge on any atom is -0.460 e. The number of amides is 1. The monoisotopic (exact) mass is 527 g/mol. The molecule has 0 saturated carbocycles. The maximum atomic E-state index is 13.4. The summed E-state index contributed by atoms with van der Waals surface area (Å²) in [5.41, 5.74) is -2.87. The first-order chi connectivity index (χ1) is 17.2. The molecule has 0 saturated heterocycles. The Morgan fingerprint density at radius 2 is 1.76 bits per heavy atom. The van der Waals surface area contributed by atoms with E-state index in [1.807, 2.05) is 0 Å². The number of nitrogens with one attached hydrogen (secondary N) is 1. The van der Waals surface area contributed by atoms with E-state index in [4.69, 9.17) is 4.74 Å². The highest BCUT2D eigenvalue weighted by Gasteiger charge is 2.34. The second-order valence-corrected chi connectivity index (χ2v) is 9.32. The summed E-state index contributed by atoms with van der Waals surface area (Å²) in [7, 11) is 0. The van der Waals surface area contributed by atoms with Crippen LogP contribution in [0.3, 0.4) is 0 Å². The fourth-order valence-electron chi connectivity index (χ4n) is 3.65. The van der Waals surface area contributed by atoms with Crippen molar-refractivity contribution in [1.82, 2.24) is 15.1 Å². The van der Waals surface area contributed by atoms with Gasteiger partial charge in [0.25, 0.3) is 5.56 Å². The van der Waals surface area contributed by atoms with Gasteiger partial charge in [-0.15, -0.1) is 0 Å². The predicted molar refractivity (Wildman–Crippen MR) is 125 cm³/mol. The van der Waals surface area contributed by atoms with Crippen LogP contribution in [-0.4, -0.2) is 45.8 Å². The van der Waals surface area contributed by atoms with Gasteiger partial charge in [-0.25, -0.2) is 9.07 Å². The number of nitrogens with zero attached hydrogens (tertiary/aromatic N) is 2. The third kappa shape index (κ3) is 8.22. The van der Waals surface area contributed by atoms with Crippen molar-refractivity contribution in [2.45, 2.75) is 70.8 Å². The van der Waals surface area contributed by atoms with Crippen molar-refractivity contribution in [2.24, 2.45) is 0 Å². The number of ether oxygens (including phenoxy) is 1. The minimum absolute atomic E-state index is 0.0627. The van der Waals surface area contributed by atoms with Gasteiger partial charge in [0.05, 0.1) is 24.4 Å². The minimum atomic E-state index is -4.64. The van der Waals surface area contributed by atoms with E-state index < -0.39 is 72.2 Å². The van der Waals surface area contributed by atoms with Crippen molar-refractivity contribution >= 4 is 17.7 Å². The Labute approximate surface area is 211 Å². The lowest BCUT2D eigenvalue weighted by molar-refractivity contribution is -0.156. The molecule has 0 aliphatic carbocycles. The normalized spacial score (nSPS) is 13.5. The lowest BCUT2D eigenvalue weighted by atomic mass is 9.96. The molecule has 1 aromatic heterocycles. The number of Topliss-reactive ketones (excluding diaryl/α,β-unsaturated/α-hetero) is 1. The van der Waals surface area contributed by atoms with E-state index in [1.54, 1.807) is 27.7 Å². The van der Waals surface area contributed by atoms with Gasteiger partial charge in [0, 0.05) is 11.8 Å². The van der Waals surface area contributed by atoms with Gasteiger partial charge in [-0.3, -0.25) is 19.2 Å². The van der Waals surface area contributed by atoms with Crippen molar-refractivity contribution < 1.29 is 36.7 Å². The summed E-state index contributed by atoms with van der Waals surface area (Å²) in [6.07, 6.45) is -4.02. The van der Waals surface area contributed by atoms with Crippen molar-refractivity contribution in [3.63, 3.8) is 0 Å². The largest absolute Gasteiger partial charge is 0.460 e. The van der Waals surface area contributed by atoms with Crippen LogP contribution in [0.2, 0.25) is 0 Å². The topological polar surface area (TPSA) is 107 Å². The highest BCUT2D eigenvalue weighted by molar-refractivity contribution is 5.94. The zero-order valence-electron chi connectivity index (χ0n) is 20.9. The molecular weight excluding hydrogens is 498 g/mol. The number of benzene rings is 1. The molecule has 1 aromatic carbocycles. The molecule has 37 heavy (non-hydrogen) atoms. The molecule has 1 N–H and O–H groups in total. The van der Waals surface area contributed by atoms with Gasteiger partial charge in [0.2, 0.25) is 5.91 Å². The highest BCUT2D eigenvalue weighted by atomic mass is 19.4. The first-order valence-electron chi connectivity index (χ1n) is 11.5. The summed E-state index contributed by atoms with van der Waals surface area (Å²) < 4.78 is 59.2. The Balaban J connectivity index is 2.32. The van der Waals surface area contributed by atoms with E-state index in [9.17, 15) is 36.7 Å². The molecule has 1 amide bonds. The third-order valence-corrected chi connectivity index (χ3v) is 5.31. The maximum Gasteiger partial charge on any atom is 0.416 e. The molecule has 0 aliphatic heterocycles. The number of alkyl halides is 4. The van der Waals surface area contributed by atoms with Gasteiger partial charge in [-0.2, -0.15) is 18.3 Å². The average molecular weight is 528 g/mol. The summed E-state index contributed by atoms with van der Waals surface area (Å²) in [6, 6.07) is 4.46. The van der Waals surface area contributed by atoms with Crippen molar-refractivity contribution in [1.29, 1.82) is 0 Å². The predicted octanol–water partition coefficient (Wildman–Crippen LogP) is 3.56. The molecule has 0 radical (unpaired) electrons. The number of carbonyl (C=O) groups is 3. The van der Waals surface area contributed by atoms with E-state index in [-0.39, 0.29) is 17.5 Å². The van der Waals surface area contributed by atoms with Crippen LogP contribution in [0.1, 0.15) is 63.1 Å². The zero-order valence-corrected chi connectivity index (χ0v) is 20.9. The van der Waals surface area contributed by atoms with Crippen LogP contribution in [0.4, 0.5) is 17.6 Å². The summed E-state index contributed by atoms with van der Waals surface area (Å²) in [4.78, 5) is 50.3. The second kappa shape index (κ2) is 12.1. The van der Waals surface area contributed by atoms with Crippen LogP contribution in [-0.2, 0) is 31.8 Å². The number of aromatic nitrogens is 2. The van der Waals surface area contributed by atoms with Crippen LogP contribution in [0.15, 0.2) is 41.3 Å². The van der Waals surface area contributed by atoms with Gasteiger partial charge < -0.3 is 10.1 Å². The van der Waals surface area contributed by atoms with Gasteiger partial charge in [0.1, 0.15) is 18.3 Å². The second-order valence-electron chi connectivity index (χ2n) is 9.32. The van der Waals surface area contributed by atoms with E-state index in [1.165, 1.54) is 30.5 Å². The summed E-state index contributed by atoms with van der Waals surface area (Å²) >= 11 is 0. The van der Waals surface area contributed by atoms with Crippen LogP contribution in [0, 0.1) is 0 Å². The van der Waals surface area contributed by atoms with E-state index in [0.29, 0.717) is 0 Å². The SMILES string of the molecule is CCC(C(=O)NC(CC(=O)OC(C)(C)C)C(=O)CF)c1ccnn(Cc2ccccc2C(F)(F)F)c1=O. The van der Waals surface area contributed by atoms with E-state index in [2.05, 4.69) is 10.4 Å². The molecule has 1 heterocycles. The van der Waals surface area contributed by atoms with Gasteiger partial charge in [-0.05, 0) is 44.9 Å². The van der Waals surface area contributed by atoms with Crippen LogP contribution in [0.25, 0.3) is 0 Å². The summed E-state index contributed by atoms with van der Waals surface area (Å²) in [6.45, 7) is 4.44. The molecule has 2 rings (SSSR count). The number of rotatable bonds is 10. The van der Waals surface area contributed by atoms with Crippen molar-refractivity contribution in [3.05, 3.63) is 63.6 Å². The smallest absolute Gasteiger partial charge is 0.416 e. The average Bonchev–Trinajstić information content (AvgIpc) is 2.79. The molecule has 0 bridgehead atoms. The van der Waals surface area contributed by atoms with E-state index in [0.717, 1.165) is 10.7 Å². The molecule has 0 aliphatic rings. The fourth-order valence-corrected chi connectivity index (χ4v) is 3.65. The quantitative estimate of drug-likeness (QED) is 0.374. The fraction of sp³-hybridized carbons (Fsp3) is 0.480. The van der Waals surface area contributed by atoms with E-state index >= 15 is 0 Å². The lowest BCUT2D eigenvalue weighted by Gasteiger charge is -2.23. The third-order valence-electron chi connectivity index (χ3n) is 5.31. The Kier molecular flexibility index (Phi) is 9.71. The molecule has 2 unspecified atom stereocenters. The van der Waals surface area contributed by atoms with Gasteiger partial charge in [0.15, 0.2) is 5.78 Å². The summed E-state index contributed by atoms with van der Waals surface area (Å²) in [5, 5.41) is 6.16. The first kappa shape index (κ1) is 29.7. The molecule has 0 fully saturated rings. The van der Waals surface area contributed by atoms with Gasteiger partial charge >= 0.3 is 12.1 Å². The Hall–Kier alpha value is -3.57. The van der Waals surface area contributed by atoms with Crippen LogP contribution < -0.4 is 10.9 Å². The Bertz CT molecular complexity index is 1190. The zero-order chi connectivity index (χ0) is 28.0. The Morgan fingerprint density at radius 1 is 1.11 bits per heavy atom. The molecule has 8 nitrogen and oxygen atoms in total. The number of esters is 1. The molecular formula is C25H29F4N3O5. The van der Waals surface area contributed by atoms with Crippen LogP contribution >= 0.6 is 0 Å². The molecule has 2 aromatic rings. The lowest BCUT2D eigenvalue weighted by Crippen LogP contribution is -2.46. The first-order valence-corrected chi connectivity index (χ1v) is 11.5.